The first-order valence-corrected chi connectivity index (χ1v) is 8.39. The largest absolute Gasteiger partial charge is 0.493 e. The highest BCUT2D eigenvalue weighted by molar-refractivity contribution is 6.32. The zero-order valence-electron chi connectivity index (χ0n) is 14.6. The van der Waals surface area contributed by atoms with E-state index in [9.17, 15) is 9.59 Å². The van der Waals surface area contributed by atoms with Crippen LogP contribution >= 0.6 is 11.6 Å². The lowest BCUT2D eigenvalue weighted by Crippen LogP contribution is -2.35. The van der Waals surface area contributed by atoms with Gasteiger partial charge in [-0.3, -0.25) is 9.59 Å². The molecule has 0 saturated heterocycles. The van der Waals surface area contributed by atoms with Crippen molar-refractivity contribution >= 4 is 23.5 Å². The number of carbonyl (C=O) groups is 2. The van der Waals surface area contributed by atoms with Crippen molar-refractivity contribution in [1.29, 1.82) is 0 Å². The van der Waals surface area contributed by atoms with E-state index < -0.39 is 18.4 Å². The number of carbonyl (C=O) groups excluding carboxylic acids is 1. The third-order valence-corrected chi connectivity index (χ3v) is 3.88. The van der Waals surface area contributed by atoms with Crippen molar-refractivity contribution in [3.63, 3.8) is 0 Å². The fraction of sp³-hybridized carbons (Fsp3) is 0.263. The van der Waals surface area contributed by atoms with Crippen molar-refractivity contribution in [2.45, 2.75) is 13.5 Å². The summed E-state index contributed by atoms with van der Waals surface area (Å²) in [4.78, 5) is 25.3. The Morgan fingerprint density at radius 3 is 2.46 bits per heavy atom. The van der Waals surface area contributed by atoms with Gasteiger partial charge in [-0.1, -0.05) is 41.9 Å². The van der Waals surface area contributed by atoms with Gasteiger partial charge in [0.05, 0.1) is 18.7 Å². The number of hydrogen-bond donors (Lipinski definition) is 1. The van der Waals surface area contributed by atoms with E-state index in [0.717, 1.165) is 5.56 Å². The second kappa shape index (κ2) is 9.10. The fourth-order valence-electron chi connectivity index (χ4n) is 2.48. The van der Waals surface area contributed by atoms with Crippen LogP contribution in [0, 0.1) is 0 Å². The Morgan fingerprint density at radius 1 is 1.19 bits per heavy atom. The second-order valence-electron chi connectivity index (χ2n) is 5.46. The number of aliphatic carboxylic acids is 1. The number of carboxylic acids is 1. The summed E-state index contributed by atoms with van der Waals surface area (Å²) in [5.41, 5.74) is 1.05. The van der Waals surface area contributed by atoms with E-state index in [4.69, 9.17) is 26.2 Å². The Balaban J connectivity index is 2.35. The minimum Gasteiger partial charge on any atom is -0.493 e. The summed E-state index contributed by atoms with van der Waals surface area (Å²) in [6, 6.07) is 12.1. The van der Waals surface area contributed by atoms with Crippen molar-refractivity contribution < 1.29 is 24.2 Å². The zero-order chi connectivity index (χ0) is 19.1. The molecule has 0 saturated carbocycles. The topological polar surface area (TPSA) is 76.1 Å². The predicted molar refractivity (Wildman–Crippen MR) is 98.0 cm³/mol. The average molecular weight is 378 g/mol. The molecule has 0 atom stereocenters. The normalized spacial score (nSPS) is 10.3. The highest BCUT2D eigenvalue weighted by Gasteiger charge is 2.22. The summed E-state index contributed by atoms with van der Waals surface area (Å²) in [7, 11) is 1.45. The molecule has 138 valence electrons. The van der Waals surface area contributed by atoms with E-state index in [1.165, 1.54) is 24.1 Å². The maximum atomic E-state index is 12.9. The van der Waals surface area contributed by atoms with Gasteiger partial charge < -0.3 is 19.5 Å². The molecular formula is C19H20ClNO5. The molecule has 0 unspecified atom stereocenters. The molecule has 2 aromatic carbocycles. The lowest BCUT2D eigenvalue weighted by atomic mass is 10.1. The van der Waals surface area contributed by atoms with E-state index in [0.29, 0.717) is 18.1 Å². The number of ether oxygens (including phenoxy) is 2. The minimum absolute atomic E-state index is 0.166. The molecule has 0 bridgehead atoms. The van der Waals surface area contributed by atoms with Gasteiger partial charge in [-0.15, -0.1) is 0 Å². The van der Waals surface area contributed by atoms with Crippen molar-refractivity contribution in [2.75, 3.05) is 20.3 Å². The van der Waals surface area contributed by atoms with Gasteiger partial charge in [0.1, 0.15) is 6.54 Å². The van der Waals surface area contributed by atoms with Crippen LogP contribution in [0.2, 0.25) is 5.02 Å². The SMILES string of the molecule is CCOc1c(Cl)cc(C(=O)N(CC(=O)O)Cc2ccccc2)cc1OC. The van der Waals surface area contributed by atoms with Gasteiger partial charge in [-0.2, -0.15) is 0 Å². The van der Waals surface area contributed by atoms with Crippen LogP contribution in [0.3, 0.4) is 0 Å². The van der Waals surface area contributed by atoms with Gasteiger partial charge >= 0.3 is 5.97 Å². The van der Waals surface area contributed by atoms with Crippen molar-refractivity contribution in [1.82, 2.24) is 4.90 Å². The van der Waals surface area contributed by atoms with Crippen LogP contribution < -0.4 is 9.47 Å². The summed E-state index contributed by atoms with van der Waals surface area (Å²) >= 11 is 6.21. The van der Waals surface area contributed by atoms with Crippen LogP contribution in [0.4, 0.5) is 0 Å². The molecule has 1 amide bonds. The average Bonchev–Trinajstić information content (AvgIpc) is 2.62. The summed E-state index contributed by atoms with van der Waals surface area (Å²) < 4.78 is 10.7. The van der Waals surface area contributed by atoms with E-state index in [1.807, 2.05) is 37.3 Å². The quantitative estimate of drug-likeness (QED) is 0.762. The number of carboxylic acid groups (broad SMARTS) is 1. The molecule has 2 aromatic rings. The monoisotopic (exact) mass is 377 g/mol. The van der Waals surface area contributed by atoms with Gasteiger partial charge in [0.15, 0.2) is 11.5 Å². The number of benzene rings is 2. The maximum Gasteiger partial charge on any atom is 0.323 e. The molecule has 0 heterocycles. The molecule has 0 aliphatic carbocycles. The van der Waals surface area contributed by atoms with Crippen LogP contribution in [-0.2, 0) is 11.3 Å². The highest BCUT2D eigenvalue weighted by Crippen LogP contribution is 2.36. The predicted octanol–water partition coefficient (Wildman–Crippen LogP) is 3.47. The number of halogens is 1. The number of nitrogens with zero attached hydrogens (tertiary/aromatic N) is 1. The second-order valence-corrected chi connectivity index (χ2v) is 5.87. The van der Waals surface area contributed by atoms with E-state index in [1.54, 1.807) is 0 Å². The Bertz CT molecular complexity index is 779. The van der Waals surface area contributed by atoms with E-state index >= 15 is 0 Å². The molecule has 1 N–H and O–H groups in total. The molecule has 2 rings (SSSR count). The Hall–Kier alpha value is -2.73. The highest BCUT2D eigenvalue weighted by atomic mass is 35.5. The Kier molecular flexibility index (Phi) is 6.86. The molecule has 0 aromatic heterocycles. The number of amides is 1. The zero-order valence-corrected chi connectivity index (χ0v) is 15.3. The van der Waals surface area contributed by atoms with Crippen LogP contribution in [0.15, 0.2) is 42.5 Å². The summed E-state index contributed by atoms with van der Waals surface area (Å²) in [6.07, 6.45) is 0. The molecule has 6 nitrogen and oxygen atoms in total. The molecule has 26 heavy (non-hydrogen) atoms. The first-order chi connectivity index (χ1) is 12.5. The summed E-state index contributed by atoms with van der Waals surface area (Å²) in [5, 5.41) is 9.39. The first-order valence-electron chi connectivity index (χ1n) is 8.01. The molecule has 0 aliphatic rings. The third-order valence-electron chi connectivity index (χ3n) is 3.59. The van der Waals surface area contributed by atoms with E-state index in [2.05, 4.69) is 0 Å². The maximum absolute atomic E-state index is 12.9. The molecule has 0 spiro atoms. The van der Waals surface area contributed by atoms with Crippen LogP contribution in [0.5, 0.6) is 11.5 Å². The van der Waals surface area contributed by atoms with Gasteiger partial charge in [-0.05, 0) is 24.6 Å². The van der Waals surface area contributed by atoms with Gasteiger partial charge in [0.2, 0.25) is 0 Å². The van der Waals surface area contributed by atoms with Crippen molar-refractivity contribution in [3.8, 4) is 11.5 Å². The van der Waals surface area contributed by atoms with Crippen molar-refractivity contribution in [3.05, 3.63) is 58.6 Å². The smallest absolute Gasteiger partial charge is 0.323 e. The Morgan fingerprint density at radius 2 is 1.88 bits per heavy atom. The number of hydrogen-bond acceptors (Lipinski definition) is 4. The lowest BCUT2D eigenvalue weighted by molar-refractivity contribution is -0.137. The number of rotatable bonds is 8. The summed E-state index contributed by atoms with van der Waals surface area (Å²) in [5.74, 6) is -0.892. The van der Waals surface area contributed by atoms with Crippen LogP contribution in [0.1, 0.15) is 22.8 Å². The first kappa shape index (κ1) is 19.6. The van der Waals surface area contributed by atoms with Crippen LogP contribution in [-0.4, -0.2) is 42.1 Å². The van der Waals surface area contributed by atoms with Crippen LogP contribution in [0.25, 0.3) is 0 Å². The van der Waals surface area contributed by atoms with Gasteiger partial charge in [-0.25, -0.2) is 0 Å². The summed E-state index contributed by atoms with van der Waals surface area (Å²) in [6.45, 7) is 1.94. The third kappa shape index (κ3) is 4.89. The van der Waals surface area contributed by atoms with E-state index in [-0.39, 0.29) is 17.1 Å². The van der Waals surface area contributed by atoms with Crippen molar-refractivity contribution in [2.24, 2.45) is 0 Å². The number of methoxy groups -OCH3 is 1. The molecule has 0 aliphatic heterocycles. The van der Waals surface area contributed by atoms with Gasteiger partial charge in [0.25, 0.3) is 5.91 Å². The standard InChI is InChI=1S/C19H20ClNO5/c1-3-26-18-15(20)9-14(10-16(18)25-2)19(24)21(12-17(22)23)11-13-7-5-4-6-8-13/h4-10H,3,11-12H2,1-2H3,(H,22,23). The molecule has 0 fully saturated rings. The lowest BCUT2D eigenvalue weighted by Gasteiger charge is -2.22. The van der Waals surface area contributed by atoms with Gasteiger partial charge in [0, 0.05) is 12.1 Å². The minimum atomic E-state index is -1.10. The molecule has 7 heteroatoms. The molecular weight excluding hydrogens is 358 g/mol. The Labute approximate surface area is 156 Å². The fourth-order valence-corrected chi connectivity index (χ4v) is 2.74. The molecule has 0 radical (unpaired) electrons.